The summed E-state index contributed by atoms with van der Waals surface area (Å²) in [6.45, 7) is -0.642. The van der Waals surface area contributed by atoms with Gasteiger partial charge in [0.1, 0.15) is 24.9 Å². The number of amides is 1. The molecule has 0 spiro atoms. The minimum absolute atomic E-state index is 0.0947. The number of rotatable bonds is 9. The quantitative estimate of drug-likeness (QED) is 0.290. The van der Waals surface area contributed by atoms with Gasteiger partial charge in [-0.1, -0.05) is 54.6 Å². The fourth-order valence-electron chi connectivity index (χ4n) is 4.30. The first-order valence-electron chi connectivity index (χ1n) is 12.2. The van der Waals surface area contributed by atoms with Crippen LogP contribution in [0.25, 0.3) is 0 Å². The van der Waals surface area contributed by atoms with Gasteiger partial charge in [-0.2, -0.15) is 8.42 Å². The van der Waals surface area contributed by atoms with Crippen LogP contribution in [-0.4, -0.2) is 74.3 Å². The van der Waals surface area contributed by atoms with Crippen LogP contribution in [0.4, 0.5) is 0 Å². The van der Waals surface area contributed by atoms with Crippen LogP contribution < -0.4 is 5.32 Å². The molecular weight excluding hydrogens is 542 g/mol. The number of carbonyl (C=O) groups excluding carboxylic acids is 3. The van der Waals surface area contributed by atoms with Crippen LogP contribution >= 0.6 is 0 Å². The van der Waals surface area contributed by atoms with Gasteiger partial charge in [0.15, 0.2) is 11.5 Å². The van der Waals surface area contributed by atoms with Gasteiger partial charge in [-0.15, -0.1) is 0 Å². The average Bonchev–Trinajstić information content (AvgIpc) is 2.97. The van der Waals surface area contributed by atoms with Crippen molar-refractivity contribution in [2.45, 2.75) is 29.8 Å². The molecule has 0 bridgehead atoms. The van der Waals surface area contributed by atoms with Crippen LogP contribution in [0.3, 0.4) is 0 Å². The first-order chi connectivity index (χ1) is 19.2. The average molecular weight is 570 g/mol. The number of hydrogen-bond acceptors (Lipinski definition) is 9. The number of hydrogen-bond donors (Lipinski definition) is 2. The minimum atomic E-state index is -5.03. The van der Waals surface area contributed by atoms with Crippen molar-refractivity contribution in [2.75, 3.05) is 13.7 Å². The Morgan fingerprint density at radius 1 is 0.825 bits per heavy atom. The van der Waals surface area contributed by atoms with Gasteiger partial charge in [0.25, 0.3) is 16.0 Å². The molecule has 2 N–H and O–H groups in total. The Morgan fingerprint density at radius 3 is 1.82 bits per heavy atom. The molecule has 11 nitrogen and oxygen atoms in total. The molecule has 1 heterocycles. The van der Waals surface area contributed by atoms with Crippen molar-refractivity contribution in [3.63, 3.8) is 0 Å². The molecule has 0 aliphatic carbocycles. The zero-order valence-corrected chi connectivity index (χ0v) is 22.1. The molecule has 0 radical (unpaired) electrons. The van der Waals surface area contributed by atoms with E-state index in [1.807, 2.05) is 0 Å². The molecule has 1 saturated heterocycles. The molecule has 5 atom stereocenters. The van der Waals surface area contributed by atoms with E-state index in [0.717, 1.165) is 0 Å². The van der Waals surface area contributed by atoms with Crippen molar-refractivity contribution in [3.8, 4) is 0 Å². The van der Waals surface area contributed by atoms with Crippen LogP contribution in [0.5, 0.6) is 0 Å². The van der Waals surface area contributed by atoms with Gasteiger partial charge >= 0.3 is 11.9 Å². The smallest absolute Gasteiger partial charge is 0.338 e. The van der Waals surface area contributed by atoms with Crippen LogP contribution in [-0.2, 0) is 29.1 Å². The molecule has 3 aromatic carbocycles. The van der Waals surface area contributed by atoms with Crippen molar-refractivity contribution in [1.29, 1.82) is 0 Å². The monoisotopic (exact) mass is 569 g/mol. The van der Waals surface area contributed by atoms with E-state index in [1.54, 1.807) is 54.6 Å². The normalized spacial score (nSPS) is 22.6. The van der Waals surface area contributed by atoms with Crippen molar-refractivity contribution in [2.24, 2.45) is 0 Å². The zero-order chi connectivity index (χ0) is 28.7. The molecule has 3 aromatic rings. The van der Waals surface area contributed by atoms with Gasteiger partial charge in [-0.3, -0.25) is 9.35 Å². The number of methoxy groups -OCH3 is 1. The molecule has 0 saturated carbocycles. The molecule has 40 heavy (non-hydrogen) atoms. The largest absolute Gasteiger partial charge is 0.459 e. The maximum Gasteiger partial charge on any atom is 0.338 e. The highest BCUT2D eigenvalue weighted by Crippen LogP contribution is 2.30. The summed E-state index contributed by atoms with van der Waals surface area (Å²) in [7, 11) is -3.79. The summed E-state index contributed by atoms with van der Waals surface area (Å²) in [5, 5.41) is 0.645. The van der Waals surface area contributed by atoms with Crippen molar-refractivity contribution in [3.05, 3.63) is 108 Å². The summed E-state index contributed by atoms with van der Waals surface area (Å²) in [5.41, 5.74) is 0.523. The fraction of sp³-hybridized carbons (Fsp3) is 0.250. The molecular formula is C28H27NO10S. The van der Waals surface area contributed by atoms with E-state index in [0.29, 0.717) is 0 Å². The lowest BCUT2D eigenvalue weighted by atomic mass is 9.98. The van der Waals surface area contributed by atoms with Gasteiger partial charge < -0.3 is 24.3 Å². The number of esters is 2. The second-order valence-electron chi connectivity index (χ2n) is 8.82. The summed E-state index contributed by atoms with van der Waals surface area (Å²) in [6, 6.07) is 22.3. The van der Waals surface area contributed by atoms with Gasteiger partial charge in [0.05, 0.1) is 11.1 Å². The van der Waals surface area contributed by atoms with Crippen molar-refractivity contribution < 1.29 is 46.3 Å². The third-order valence-electron chi connectivity index (χ3n) is 6.20. The minimum Gasteiger partial charge on any atom is -0.459 e. The fourth-order valence-corrected chi connectivity index (χ4v) is 5.39. The molecule has 1 amide bonds. The van der Waals surface area contributed by atoms with Gasteiger partial charge in [0.2, 0.25) is 0 Å². The highest BCUT2D eigenvalue weighted by Gasteiger charge is 2.55. The van der Waals surface area contributed by atoms with Gasteiger partial charge in [0, 0.05) is 12.7 Å². The molecule has 1 aliphatic heterocycles. The Bertz CT molecular complexity index is 1420. The molecule has 0 unspecified atom stereocenters. The Kier molecular flexibility index (Phi) is 9.27. The Morgan fingerprint density at radius 2 is 1.32 bits per heavy atom. The summed E-state index contributed by atoms with van der Waals surface area (Å²) < 4.78 is 57.8. The molecule has 12 heteroatoms. The molecule has 4 rings (SSSR count). The number of ether oxygens (including phenoxy) is 4. The maximum atomic E-state index is 13.1. The number of benzene rings is 3. The Balaban J connectivity index is 1.68. The highest BCUT2D eigenvalue weighted by molar-refractivity contribution is 7.86. The summed E-state index contributed by atoms with van der Waals surface area (Å²) >= 11 is 0. The van der Waals surface area contributed by atoms with E-state index < -0.39 is 64.4 Å². The third-order valence-corrected chi connectivity index (χ3v) is 7.46. The Labute approximate surface area is 230 Å². The summed E-state index contributed by atoms with van der Waals surface area (Å²) in [6.07, 6.45) is -4.61. The number of nitrogens with one attached hydrogen (secondary N) is 1. The lowest BCUT2D eigenvalue weighted by molar-refractivity contribution is -0.223. The lowest BCUT2D eigenvalue weighted by Gasteiger charge is -2.44. The van der Waals surface area contributed by atoms with E-state index in [-0.39, 0.29) is 16.7 Å². The second-order valence-corrected chi connectivity index (χ2v) is 10.4. The predicted molar refractivity (Wildman–Crippen MR) is 141 cm³/mol. The van der Waals surface area contributed by atoms with Crippen LogP contribution in [0.15, 0.2) is 91.0 Å². The van der Waals surface area contributed by atoms with Crippen molar-refractivity contribution >= 4 is 28.0 Å². The lowest BCUT2D eigenvalue weighted by Crippen LogP contribution is -2.67. The second kappa shape index (κ2) is 12.8. The van der Waals surface area contributed by atoms with Crippen LogP contribution in [0.2, 0.25) is 0 Å². The first kappa shape index (κ1) is 28.9. The highest BCUT2D eigenvalue weighted by atomic mass is 32.2. The summed E-state index contributed by atoms with van der Waals surface area (Å²) in [5.74, 6) is -2.33. The predicted octanol–water partition coefficient (Wildman–Crippen LogP) is 2.50. The SMILES string of the molecule is CO[C@H]1O[C@H](COC(=O)c2ccccc2)[C@H](S(=O)(=O)O)[C@H](OC(=O)c2ccccc2)[C@H]1NC(=O)c1ccccc1. The van der Waals surface area contributed by atoms with Crippen molar-refractivity contribution in [1.82, 2.24) is 5.32 Å². The van der Waals surface area contributed by atoms with Crippen LogP contribution in [0, 0.1) is 0 Å². The van der Waals surface area contributed by atoms with E-state index in [9.17, 15) is 27.4 Å². The molecule has 1 aliphatic rings. The topological polar surface area (TPSA) is 155 Å². The van der Waals surface area contributed by atoms with E-state index in [1.165, 1.54) is 43.5 Å². The standard InChI is InChI=1S/C28H27NO10S/c1-36-28-22(29-25(30)18-11-5-2-6-12-18)23(39-27(32)20-15-9-4-10-16-20)24(40(33,34)35)21(38-28)17-37-26(31)19-13-7-3-8-14-19/h2-16,21-24,28H,17H2,1H3,(H,29,30)(H,33,34,35)/t21-,22-,23-,24+,28+/m1/s1. The van der Waals surface area contributed by atoms with E-state index >= 15 is 0 Å². The van der Waals surface area contributed by atoms with Gasteiger partial charge in [-0.05, 0) is 36.4 Å². The molecule has 1 fully saturated rings. The third kappa shape index (κ3) is 6.90. The number of carbonyl (C=O) groups is 3. The Hall–Kier alpha value is -4.10. The molecule has 210 valence electrons. The van der Waals surface area contributed by atoms with E-state index in [2.05, 4.69) is 5.32 Å². The molecule has 0 aromatic heterocycles. The van der Waals surface area contributed by atoms with Crippen LogP contribution in [0.1, 0.15) is 31.1 Å². The van der Waals surface area contributed by atoms with E-state index in [4.69, 9.17) is 18.9 Å². The van der Waals surface area contributed by atoms with Gasteiger partial charge in [-0.25, -0.2) is 9.59 Å². The maximum absolute atomic E-state index is 13.1. The first-order valence-corrected chi connectivity index (χ1v) is 13.7. The zero-order valence-electron chi connectivity index (χ0n) is 21.3. The summed E-state index contributed by atoms with van der Waals surface area (Å²) in [4.78, 5) is 38.6.